The first-order valence-electron chi connectivity index (χ1n) is 30.4. The lowest BCUT2D eigenvalue weighted by Gasteiger charge is -2.22. The van der Waals surface area contributed by atoms with Crippen LogP contribution in [0.5, 0.6) is 0 Å². The van der Waals surface area contributed by atoms with E-state index in [1.54, 1.807) is 0 Å². The predicted octanol–water partition coefficient (Wildman–Crippen LogP) is 20.1. The zero-order valence-corrected chi connectivity index (χ0v) is 44.8. The third kappa shape index (κ3) is 53.9. The van der Waals surface area contributed by atoms with Gasteiger partial charge in [0.05, 0.1) is 18.8 Å². The average molecular weight is 917 g/mol. The van der Waals surface area contributed by atoms with Crippen LogP contribution in [0.2, 0.25) is 0 Å². The van der Waals surface area contributed by atoms with Crippen LogP contribution in [0.25, 0.3) is 0 Å². The number of amides is 1. The number of aliphatic hydroxyl groups is 2. The molecule has 4 nitrogen and oxygen atoms in total. The van der Waals surface area contributed by atoms with Gasteiger partial charge >= 0.3 is 0 Å². The van der Waals surface area contributed by atoms with Crippen LogP contribution in [0, 0.1) is 0 Å². The minimum Gasteiger partial charge on any atom is -0.394 e. The Morgan fingerprint density at radius 3 is 0.846 bits per heavy atom. The smallest absolute Gasteiger partial charge is 0.220 e. The molecule has 388 valence electrons. The predicted molar refractivity (Wildman–Crippen MR) is 290 cm³/mol. The molecule has 0 radical (unpaired) electrons. The van der Waals surface area contributed by atoms with E-state index in [4.69, 9.17) is 0 Å². The summed E-state index contributed by atoms with van der Waals surface area (Å²) in [4.78, 5) is 12.5. The first-order valence-corrected chi connectivity index (χ1v) is 30.4. The molecule has 0 heterocycles. The molecule has 0 saturated heterocycles. The van der Waals surface area contributed by atoms with Crippen molar-refractivity contribution in [3.05, 3.63) is 12.2 Å². The van der Waals surface area contributed by atoms with Crippen molar-refractivity contribution < 1.29 is 15.0 Å². The Morgan fingerprint density at radius 2 is 0.585 bits per heavy atom. The molecule has 0 saturated carbocycles. The second-order valence-electron chi connectivity index (χ2n) is 21.1. The van der Waals surface area contributed by atoms with Crippen molar-refractivity contribution in [2.45, 2.75) is 366 Å². The van der Waals surface area contributed by atoms with Gasteiger partial charge in [-0.15, -0.1) is 0 Å². The van der Waals surface area contributed by atoms with E-state index in [2.05, 4.69) is 31.3 Å². The van der Waals surface area contributed by atoms with Gasteiger partial charge in [-0.25, -0.2) is 0 Å². The van der Waals surface area contributed by atoms with Crippen molar-refractivity contribution in [3.63, 3.8) is 0 Å². The number of unbranched alkanes of at least 4 members (excludes halogenated alkanes) is 48. The fraction of sp³-hybridized carbons (Fsp3) is 0.951. The number of nitrogens with one attached hydrogen (secondary N) is 1. The van der Waals surface area contributed by atoms with E-state index in [1.165, 1.54) is 302 Å². The summed E-state index contributed by atoms with van der Waals surface area (Å²) in [5.74, 6) is -0.0269. The molecule has 0 aromatic heterocycles. The van der Waals surface area contributed by atoms with Gasteiger partial charge in [0.25, 0.3) is 0 Å². The molecule has 0 aromatic carbocycles. The molecule has 0 aliphatic rings. The number of hydrogen-bond donors (Lipinski definition) is 3. The molecule has 0 rings (SSSR count). The highest BCUT2D eigenvalue weighted by atomic mass is 16.3. The van der Waals surface area contributed by atoms with Gasteiger partial charge in [0.15, 0.2) is 0 Å². The highest BCUT2D eigenvalue weighted by Crippen LogP contribution is 2.19. The zero-order chi connectivity index (χ0) is 47.0. The van der Waals surface area contributed by atoms with Crippen LogP contribution in [0.15, 0.2) is 12.2 Å². The van der Waals surface area contributed by atoms with Gasteiger partial charge in [0, 0.05) is 6.42 Å². The van der Waals surface area contributed by atoms with Gasteiger partial charge in [-0.2, -0.15) is 0 Å². The monoisotopic (exact) mass is 916 g/mol. The molecule has 1 amide bonds. The van der Waals surface area contributed by atoms with Crippen molar-refractivity contribution >= 4 is 5.91 Å². The SMILES string of the molecule is CCCCCCCCCC/C=C\CCCCCCCCCCCC(=O)NC(CO)C(O)CCCCCCCCCCCCCCCCCCCCCCCCCCCCCCCCCC. The zero-order valence-electron chi connectivity index (χ0n) is 44.8. The molecule has 0 aromatic rings. The first-order chi connectivity index (χ1) is 32.2. The van der Waals surface area contributed by atoms with Gasteiger partial charge in [-0.3, -0.25) is 4.79 Å². The normalized spacial score (nSPS) is 12.7. The second kappa shape index (κ2) is 57.4. The maximum atomic E-state index is 12.5. The summed E-state index contributed by atoms with van der Waals surface area (Å²) in [6.45, 7) is 4.40. The van der Waals surface area contributed by atoms with E-state index >= 15 is 0 Å². The number of rotatable bonds is 57. The van der Waals surface area contributed by atoms with Crippen LogP contribution in [-0.4, -0.2) is 34.9 Å². The van der Waals surface area contributed by atoms with Crippen molar-refractivity contribution in [2.24, 2.45) is 0 Å². The van der Waals surface area contributed by atoms with E-state index < -0.39 is 12.1 Å². The van der Waals surface area contributed by atoms with Gasteiger partial charge in [0.2, 0.25) is 5.91 Å². The summed E-state index contributed by atoms with van der Waals surface area (Å²) in [6, 6.07) is -0.536. The quantitative estimate of drug-likeness (QED) is 0.0421. The third-order valence-electron chi connectivity index (χ3n) is 14.5. The summed E-state index contributed by atoms with van der Waals surface area (Å²) in [5.41, 5.74) is 0. The van der Waals surface area contributed by atoms with E-state index in [-0.39, 0.29) is 12.5 Å². The molecule has 0 aliphatic carbocycles. The van der Waals surface area contributed by atoms with E-state index in [0.29, 0.717) is 12.8 Å². The summed E-state index contributed by atoms with van der Waals surface area (Å²) in [6.07, 6.45) is 75.1. The molecule has 2 atom stereocenters. The van der Waals surface area contributed by atoms with Gasteiger partial charge in [0.1, 0.15) is 0 Å². The maximum absolute atomic E-state index is 12.5. The number of carbonyl (C=O) groups is 1. The molecule has 0 spiro atoms. The molecule has 65 heavy (non-hydrogen) atoms. The molecule has 0 bridgehead atoms. The Morgan fingerprint density at radius 1 is 0.354 bits per heavy atom. The first kappa shape index (κ1) is 64.1. The molecule has 0 aliphatic heterocycles. The molecule has 4 heteroatoms. The van der Waals surface area contributed by atoms with Crippen LogP contribution >= 0.6 is 0 Å². The molecular weight excluding hydrogens is 795 g/mol. The highest BCUT2D eigenvalue weighted by Gasteiger charge is 2.20. The van der Waals surface area contributed by atoms with Crippen molar-refractivity contribution in [1.82, 2.24) is 5.32 Å². The Bertz CT molecular complexity index is 905. The maximum Gasteiger partial charge on any atom is 0.220 e. The van der Waals surface area contributed by atoms with E-state index in [0.717, 1.165) is 25.7 Å². The summed E-state index contributed by atoms with van der Waals surface area (Å²) >= 11 is 0. The lowest BCUT2D eigenvalue weighted by atomic mass is 10.0. The number of allylic oxidation sites excluding steroid dienone is 2. The molecule has 3 N–H and O–H groups in total. The summed E-state index contributed by atoms with van der Waals surface area (Å²) < 4.78 is 0. The number of aliphatic hydroxyl groups excluding tert-OH is 2. The van der Waals surface area contributed by atoms with Gasteiger partial charge in [-0.05, 0) is 38.5 Å². The van der Waals surface area contributed by atoms with E-state index in [1.807, 2.05) is 0 Å². The summed E-state index contributed by atoms with van der Waals surface area (Å²) in [5, 5.41) is 23.4. The van der Waals surface area contributed by atoms with Crippen LogP contribution in [0.1, 0.15) is 354 Å². The molecule has 2 unspecified atom stereocenters. The number of carbonyl (C=O) groups excluding carboxylic acids is 1. The largest absolute Gasteiger partial charge is 0.394 e. The van der Waals surface area contributed by atoms with Crippen LogP contribution < -0.4 is 5.32 Å². The lowest BCUT2D eigenvalue weighted by Crippen LogP contribution is -2.45. The fourth-order valence-electron chi connectivity index (χ4n) is 9.89. The van der Waals surface area contributed by atoms with Crippen molar-refractivity contribution in [1.29, 1.82) is 0 Å². The third-order valence-corrected chi connectivity index (χ3v) is 14.5. The molecular formula is C61H121NO3. The minimum absolute atomic E-state index is 0.0269. The average Bonchev–Trinajstić information content (AvgIpc) is 3.31. The van der Waals surface area contributed by atoms with Gasteiger partial charge < -0.3 is 15.5 Å². The lowest BCUT2D eigenvalue weighted by molar-refractivity contribution is -0.123. The molecule has 0 fully saturated rings. The Hall–Kier alpha value is -0.870. The van der Waals surface area contributed by atoms with Crippen molar-refractivity contribution in [3.8, 4) is 0 Å². The van der Waals surface area contributed by atoms with Crippen molar-refractivity contribution in [2.75, 3.05) is 6.61 Å². The van der Waals surface area contributed by atoms with E-state index in [9.17, 15) is 15.0 Å². The fourth-order valence-corrected chi connectivity index (χ4v) is 9.89. The Labute approximate surface area is 409 Å². The van der Waals surface area contributed by atoms with Crippen LogP contribution in [0.4, 0.5) is 0 Å². The van der Waals surface area contributed by atoms with Crippen LogP contribution in [-0.2, 0) is 4.79 Å². The highest BCUT2D eigenvalue weighted by molar-refractivity contribution is 5.76. The minimum atomic E-state index is -0.659. The van der Waals surface area contributed by atoms with Gasteiger partial charge in [-0.1, -0.05) is 321 Å². The number of hydrogen-bond acceptors (Lipinski definition) is 3. The second-order valence-corrected chi connectivity index (χ2v) is 21.1. The Balaban J connectivity index is 3.39. The topological polar surface area (TPSA) is 69.6 Å². The van der Waals surface area contributed by atoms with Crippen LogP contribution in [0.3, 0.4) is 0 Å². The standard InChI is InChI=1S/C61H121NO3/c1-3-5-7-9-11-13-15-17-19-21-23-25-26-27-28-29-30-31-32-33-34-35-37-38-40-42-44-46-48-50-52-54-56-60(64)59(58-63)62-61(65)57-55-53-51-49-47-45-43-41-39-36-24-22-20-18-16-14-12-10-8-6-4-2/h22,24,59-60,63-64H,3-21,23,25-58H2,1-2H3,(H,62,65)/b24-22-. The summed E-state index contributed by atoms with van der Waals surface area (Å²) in [7, 11) is 0. The Kier molecular flexibility index (Phi) is 56.7.